The van der Waals surface area contributed by atoms with E-state index in [0.29, 0.717) is 0 Å². The minimum atomic E-state index is 0.218. The molecule has 0 saturated heterocycles. The maximum atomic E-state index is 10.5. The third kappa shape index (κ3) is 0.529. The number of rotatable bonds is 1. The van der Waals surface area contributed by atoms with Crippen LogP contribution in [0.15, 0.2) is 4.79 Å². The molecule has 1 aromatic carbocycles. The quantitative estimate of drug-likeness (QED) is 0.519. The molecule has 0 saturated carbocycles. The molecule has 0 aromatic heterocycles. The summed E-state index contributed by atoms with van der Waals surface area (Å²) in [5.41, 5.74) is 2.01. The Hall–Kier alpha value is -0.790. The summed E-state index contributed by atoms with van der Waals surface area (Å²) in [6, 6.07) is 0. The fourth-order valence-electron chi connectivity index (χ4n) is 0.784. The van der Waals surface area contributed by atoms with Gasteiger partial charge >= 0.3 is 0 Å². The van der Waals surface area contributed by atoms with Gasteiger partial charge in [0.05, 0.1) is 5.69 Å². The molecular weight excluding hydrogens is 102 g/mol. The average Bonchev–Trinajstić information content (AvgIpc) is 2.15. The average molecular weight is 111 g/mol. The Morgan fingerprint density at radius 3 is 1.75 bits per heavy atom. The fraction of sp³-hybridized carbons (Fsp3) is 0.500. The van der Waals surface area contributed by atoms with Gasteiger partial charge in [-0.3, -0.25) is 4.79 Å². The molecule has 0 aliphatic heterocycles. The van der Waals surface area contributed by atoms with Gasteiger partial charge in [0.25, 0.3) is 0 Å². The first kappa shape index (κ1) is 5.35. The molecule has 0 atom stereocenters. The highest BCUT2D eigenvalue weighted by Crippen LogP contribution is 2.16. The van der Waals surface area contributed by atoms with Gasteiger partial charge < -0.3 is 4.90 Å². The molecule has 0 spiro atoms. The van der Waals surface area contributed by atoms with Gasteiger partial charge in [0, 0.05) is 19.7 Å². The predicted octanol–water partition coefficient (Wildman–Crippen LogP) is 0.297. The maximum Gasteiger partial charge on any atom is 0.207 e. The molecule has 8 heavy (non-hydrogen) atoms. The SMILES string of the molecule is Cc1c(N(C)C)c1=O. The minimum Gasteiger partial charge on any atom is -0.374 e. The van der Waals surface area contributed by atoms with Gasteiger partial charge in [-0.2, -0.15) is 0 Å². The standard InChI is InChI=1S/C6H9NO/c1-4-5(6(4)8)7(2)3/h1-3H3. The summed E-state index contributed by atoms with van der Waals surface area (Å²) in [5, 5.41) is 0. The highest BCUT2D eigenvalue weighted by molar-refractivity contribution is 5.64. The van der Waals surface area contributed by atoms with Crippen molar-refractivity contribution in [2.24, 2.45) is 0 Å². The van der Waals surface area contributed by atoms with Crippen molar-refractivity contribution in [1.82, 2.24) is 0 Å². The Morgan fingerprint density at radius 1 is 1.38 bits per heavy atom. The van der Waals surface area contributed by atoms with Gasteiger partial charge in [0.1, 0.15) is 0 Å². The van der Waals surface area contributed by atoms with Crippen molar-refractivity contribution in [3.05, 3.63) is 15.8 Å². The highest BCUT2D eigenvalue weighted by Gasteiger charge is 2.18. The Morgan fingerprint density at radius 2 is 1.75 bits per heavy atom. The summed E-state index contributed by atoms with van der Waals surface area (Å²) in [5.74, 6) is 0. The van der Waals surface area contributed by atoms with Gasteiger partial charge in [-0.1, -0.05) is 0 Å². The summed E-state index contributed by atoms with van der Waals surface area (Å²) < 4.78 is 0. The van der Waals surface area contributed by atoms with Gasteiger partial charge in [0.15, 0.2) is 0 Å². The second-order valence-corrected chi connectivity index (χ2v) is 2.20. The van der Waals surface area contributed by atoms with Crippen LogP contribution in [-0.2, 0) is 0 Å². The lowest BCUT2D eigenvalue weighted by molar-refractivity contribution is 1.15. The second kappa shape index (κ2) is 1.34. The number of hydrogen-bond donors (Lipinski definition) is 0. The minimum absolute atomic E-state index is 0.218. The molecule has 0 N–H and O–H groups in total. The van der Waals surface area contributed by atoms with Crippen LogP contribution in [0.5, 0.6) is 0 Å². The van der Waals surface area contributed by atoms with E-state index in [1.807, 2.05) is 25.9 Å². The summed E-state index contributed by atoms with van der Waals surface area (Å²) in [6.45, 7) is 1.84. The van der Waals surface area contributed by atoms with Gasteiger partial charge in [-0.15, -0.1) is 0 Å². The molecule has 1 aromatic rings. The van der Waals surface area contributed by atoms with E-state index in [1.165, 1.54) is 0 Å². The maximum absolute atomic E-state index is 10.5. The monoisotopic (exact) mass is 111 g/mol. The van der Waals surface area contributed by atoms with Gasteiger partial charge in [-0.25, -0.2) is 0 Å². The first-order valence-electron chi connectivity index (χ1n) is 2.57. The smallest absolute Gasteiger partial charge is 0.207 e. The largest absolute Gasteiger partial charge is 0.374 e. The summed E-state index contributed by atoms with van der Waals surface area (Å²) in [6.07, 6.45) is 0. The van der Waals surface area contributed by atoms with Crippen LogP contribution >= 0.6 is 0 Å². The Bertz CT molecular complexity index is 206. The normalized spacial score (nSPS) is 10.4. The zero-order chi connectivity index (χ0) is 6.31. The van der Waals surface area contributed by atoms with Crippen molar-refractivity contribution in [2.45, 2.75) is 6.92 Å². The molecule has 0 heterocycles. The molecule has 1 rings (SSSR count). The molecule has 0 radical (unpaired) electrons. The van der Waals surface area contributed by atoms with Crippen LogP contribution in [0.1, 0.15) is 5.56 Å². The number of hydrogen-bond acceptors (Lipinski definition) is 2. The lowest BCUT2D eigenvalue weighted by atomic mass is 10.6. The predicted molar refractivity (Wildman–Crippen MR) is 34.1 cm³/mol. The first-order valence-corrected chi connectivity index (χ1v) is 2.57. The lowest BCUT2D eigenvalue weighted by Crippen LogP contribution is -2.06. The van der Waals surface area contributed by atoms with E-state index in [4.69, 9.17) is 0 Å². The van der Waals surface area contributed by atoms with Crippen molar-refractivity contribution < 1.29 is 0 Å². The van der Waals surface area contributed by atoms with Crippen molar-refractivity contribution in [3.63, 3.8) is 0 Å². The summed E-state index contributed by atoms with van der Waals surface area (Å²) in [7, 11) is 3.76. The summed E-state index contributed by atoms with van der Waals surface area (Å²) in [4.78, 5) is 12.4. The van der Waals surface area contributed by atoms with E-state index in [9.17, 15) is 4.79 Å². The third-order valence-electron chi connectivity index (χ3n) is 1.30. The molecule has 0 amide bonds. The Kier molecular flexibility index (Phi) is 0.897. The Balaban J connectivity index is 2.81. The van der Waals surface area contributed by atoms with Crippen LogP contribution in [0, 0.1) is 6.92 Å². The van der Waals surface area contributed by atoms with E-state index in [1.54, 1.807) is 0 Å². The van der Waals surface area contributed by atoms with Crippen molar-refractivity contribution in [1.29, 1.82) is 0 Å². The molecule has 2 nitrogen and oxygen atoms in total. The van der Waals surface area contributed by atoms with Gasteiger partial charge in [-0.05, 0) is 6.92 Å². The van der Waals surface area contributed by atoms with Crippen LogP contribution in [0.3, 0.4) is 0 Å². The molecule has 0 aliphatic carbocycles. The number of nitrogens with zero attached hydrogens (tertiary/aromatic N) is 1. The fourth-order valence-corrected chi connectivity index (χ4v) is 0.784. The van der Waals surface area contributed by atoms with Crippen LogP contribution in [0.2, 0.25) is 0 Å². The molecule has 0 bridgehead atoms. The molecular formula is C6H9NO. The third-order valence-corrected chi connectivity index (χ3v) is 1.30. The topological polar surface area (TPSA) is 20.3 Å². The van der Waals surface area contributed by atoms with Crippen LogP contribution < -0.4 is 10.3 Å². The molecule has 2 heteroatoms. The molecule has 0 unspecified atom stereocenters. The second-order valence-electron chi connectivity index (χ2n) is 2.20. The van der Waals surface area contributed by atoms with Crippen molar-refractivity contribution >= 4 is 5.69 Å². The first-order chi connectivity index (χ1) is 3.64. The van der Waals surface area contributed by atoms with Gasteiger partial charge in [0.2, 0.25) is 5.43 Å². The van der Waals surface area contributed by atoms with Crippen molar-refractivity contribution in [3.8, 4) is 0 Å². The van der Waals surface area contributed by atoms with E-state index in [2.05, 4.69) is 0 Å². The van der Waals surface area contributed by atoms with E-state index in [-0.39, 0.29) is 5.43 Å². The van der Waals surface area contributed by atoms with Crippen LogP contribution in [0.4, 0.5) is 5.69 Å². The molecule has 44 valence electrons. The summed E-state index contributed by atoms with van der Waals surface area (Å²) >= 11 is 0. The van der Waals surface area contributed by atoms with E-state index >= 15 is 0 Å². The van der Waals surface area contributed by atoms with E-state index < -0.39 is 0 Å². The molecule has 0 aliphatic rings. The lowest BCUT2D eigenvalue weighted by Gasteiger charge is -2.01. The van der Waals surface area contributed by atoms with Crippen molar-refractivity contribution in [2.75, 3.05) is 19.0 Å². The number of anilines is 1. The van der Waals surface area contributed by atoms with Crippen LogP contribution in [0.25, 0.3) is 0 Å². The molecule has 0 fully saturated rings. The van der Waals surface area contributed by atoms with Crippen LogP contribution in [-0.4, -0.2) is 14.1 Å². The highest BCUT2D eigenvalue weighted by atomic mass is 16.1. The van der Waals surface area contributed by atoms with E-state index in [0.717, 1.165) is 11.3 Å². The zero-order valence-corrected chi connectivity index (χ0v) is 5.36. The Labute approximate surface area is 48.4 Å². The zero-order valence-electron chi connectivity index (χ0n) is 5.36.